The molecule has 12 heavy (non-hydrogen) atoms. The highest BCUT2D eigenvalue weighted by molar-refractivity contribution is 6.40. The van der Waals surface area contributed by atoms with E-state index < -0.39 is 22.7 Å². The Morgan fingerprint density at radius 3 is 2.00 bits per heavy atom. The molecule has 0 aliphatic carbocycles. The van der Waals surface area contributed by atoms with Crippen molar-refractivity contribution in [3.05, 3.63) is 0 Å². The van der Waals surface area contributed by atoms with Crippen molar-refractivity contribution in [3.63, 3.8) is 0 Å². The highest BCUT2D eigenvalue weighted by atomic mass is 35.5. The maximum atomic E-state index is 11.0. The Bertz CT molecular complexity index is 193. The van der Waals surface area contributed by atoms with Crippen molar-refractivity contribution in [3.8, 4) is 0 Å². The monoisotopic (exact) mass is 192 g/mol. The van der Waals surface area contributed by atoms with E-state index in [-0.39, 0.29) is 0 Å². The average Bonchev–Trinajstić information content (AvgIpc) is 1.82. The Hall–Kier alpha value is -0.570. The van der Waals surface area contributed by atoms with E-state index in [4.69, 9.17) is 16.3 Å². The summed E-state index contributed by atoms with van der Waals surface area (Å²) in [6.07, 6.45) is 0. The Morgan fingerprint density at radius 1 is 1.33 bits per heavy atom. The largest absolute Gasteiger partial charge is 0.459 e. The Morgan fingerprint density at radius 2 is 1.75 bits per heavy atom. The van der Waals surface area contributed by atoms with Crippen LogP contribution in [0.15, 0.2) is 0 Å². The second-order valence-corrected chi connectivity index (χ2v) is 3.94. The summed E-state index contributed by atoms with van der Waals surface area (Å²) in [7, 11) is 0. The zero-order valence-corrected chi connectivity index (χ0v) is 8.44. The van der Waals surface area contributed by atoms with Crippen LogP contribution in [0.4, 0.5) is 0 Å². The molecule has 0 amide bonds. The van der Waals surface area contributed by atoms with E-state index in [0.29, 0.717) is 0 Å². The van der Waals surface area contributed by atoms with E-state index >= 15 is 0 Å². The zero-order chi connectivity index (χ0) is 9.94. The maximum absolute atomic E-state index is 11.0. The van der Waals surface area contributed by atoms with Crippen molar-refractivity contribution in [2.24, 2.45) is 0 Å². The second kappa shape index (κ2) is 3.90. The molecule has 0 unspecified atom stereocenters. The molecule has 0 rings (SSSR count). The lowest BCUT2D eigenvalue weighted by Crippen LogP contribution is -2.32. The van der Waals surface area contributed by atoms with Crippen LogP contribution in [0.25, 0.3) is 0 Å². The van der Waals surface area contributed by atoms with Gasteiger partial charge in [0.15, 0.2) is 11.2 Å². The Labute approximate surface area is 77.0 Å². The van der Waals surface area contributed by atoms with Crippen LogP contribution in [0.1, 0.15) is 27.7 Å². The molecule has 0 aromatic heterocycles. The van der Waals surface area contributed by atoms with E-state index in [1.165, 1.54) is 6.92 Å². The van der Waals surface area contributed by atoms with Crippen molar-refractivity contribution < 1.29 is 14.3 Å². The minimum Gasteiger partial charge on any atom is -0.459 e. The minimum atomic E-state index is -1.18. The number of carbonyl (C=O) groups excluding carboxylic acids is 2. The van der Waals surface area contributed by atoms with E-state index in [2.05, 4.69) is 0 Å². The number of carbonyl (C=O) groups is 2. The lowest BCUT2D eigenvalue weighted by molar-refractivity contribution is -0.155. The van der Waals surface area contributed by atoms with Gasteiger partial charge in [-0.1, -0.05) is 0 Å². The number of rotatable bonds is 2. The molecule has 3 nitrogen and oxygen atoms in total. The topological polar surface area (TPSA) is 43.4 Å². The Kier molecular flexibility index (Phi) is 3.71. The number of Topliss-reactive ketones (excluding diaryl/α,β-unsaturated/α-hetero) is 1. The smallest absolute Gasteiger partial charge is 0.332 e. The van der Waals surface area contributed by atoms with Crippen LogP contribution in [0.5, 0.6) is 0 Å². The molecule has 0 aliphatic rings. The van der Waals surface area contributed by atoms with Gasteiger partial charge in [-0.2, -0.15) is 0 Å². The molecule has 0 aliphatic heterocycles. The molecule has 0 saturated heterocycles. The van der Waals surface area contributed by atoms with Crippen molar-refractivity contribution in [2.75, 3.05) is 0 Å². The van der Waals surface area contributed by atoms with E-state index in [9.17, 15) is 9.59 Å². The molecule has 0 aromatic rings. The number of alkyl halides is 1. The summed E-state index contributed by atoms with van der Waals surface area (Å²) in [5.41, 5.74) is -0.598. The third kappa shape index (κ3) is 4.34. The second-order valence-electron chi connectivity index (χ2n) is 3.51. The van der Waals surface area contributed by atoms with Crippen LogP contribution in [-0.4, -0.2) is 22.7 Å². The van der Waals surface area contributed by atoms with Gasteiger partial charge in [0.05, 0.1) is 0 Å². The summed E-state index contributed by atoms with van der Waals surface area (Å²) >= 11 is 5.45. The van der Waals surface area contributed by atoms with Gasteiger partial charge in [-0.25, -0.2) is 4.79 Å². The number of hydrogen-bond acceptors (Lipinski definition) is 3. The summed E-state index contributed by atoms with van der Waals surface area (Å²) in [6.45, 7) is 6.40. The molecule has 0 bridgehead atoms. The van der Waals surface area contributed by atoms with E-state index in [1.807, 2.05) is 0 Å². The van der Waals surface area contributed by atoms with Gasteiger partial charge in [0.1, 0.15) is 5.60 Å². The predicted octanol–water partition coefficient (Wildman–Crippen LogP) is 1.52. The standard InChI is InChI=1S/C8H13ClO3/c1-5(10)6(9)7(11)12-8(2,3)4/h6H,1-4H3/t6-/m1/s1. The molecule has 70 valence electrons. The molecule has 0 aromatic carbocycles. The van der Waals surface area contributed by atoms with Crippen molar-refractivity contribution in [2.45, 2.75) is 38.7 Å². The third-order valence-electron chi connectivity index (χ3n) is 0.971. The normalized spacial score (nSPS) is 13.8. The fourth-order valence-electron chi connectivity index (χ4n) is 0.519. The summed E-state index contributed by atoms with van der Waals surface area (Å²) in [4.78, 5) is 21.7. The molecule has 1 atom stereocenters. The fourth-order valence-corrected chi connectivity index (χ4v) is 0.564. The molecule has 0 radical (unpaired) electrons. The lowest BCUT2D eigenvalue weighted by atomic mass is 10.2. The van der Waals surface area contributed by atoms with E-state index in [0.717, 1.165) is 0 Å². The van der Waals surface area contributed by atoms with Gasteiger partial charge in [-0.05, 0) is 27.7 Å². The zero-order valence-electron chi connectivity index (χ0n) is 7.68. The summed E-state index contributed by atoms with van der Waals surface area (Å²) in [6, 6.07) is 0. The molecule has 0 N–H and O–H groups in total. The number of esters is 1. The fraction of sp³-hybridized carbons (Fsp3) is 0.750. The van der Waals surface area contributed by atoms with Gasteiger partial charge >= 0.3 is 5.97 Å². The van der Waals surface area contributed by atoms with Gasteiger partial charge in [0, 0.05) is 0 Å². The number of hydrogen-bond donors (Lipinski definition) is 0. The van der Waals surface area contributed by atoms with Gasteiger partial charge in [-0.15, -0.1) is 11.6 Å². The Balaban J connectivity index is 4.15. The van der Waals surface area contributed by atoms with Gasteiger partial charge in [0.2, 0.25) is 0 Å². The number of halogens is 1. The molecular weight excluding hydrogens is 180 g/mol. The first-order chi connectivity index (χ1) is 5.24. The van der Waals surface area contributed by atoms with Crippen LogP contribution >= 0.6 is 11.6 Å². The lowest BCUT2D eigenvalue weighted by Gasteiger charge is -2.20. The van der Waals surface area contributed by atoms with Crippen molar-refractivity contribution >= 4 is 23.4 Å². The minimum absolute atomic E-state index is 0.397. The molecule has 0 spiro atoms. The molecule has 0 saturated carbocycles. The van der Waals surface area contributed by atoms with Gasteiger partial charge in [0.25, 0.3) is 0 Å². The van der Waals surface area contributed by atoms with Crippen molar-refractivity contribution in [1.82, 2.24) is 0 Å². The average molecular weight is 193 g/mol. The van der Waals surface area contributed by atoms with Crippen LogP contribution in [0.3, 0.4) is 0 Å². The quantitative estimate of drug-likeness (QED) is 0.379. The highest BCUT2D eigenvalue weighted by Gasteiger charge is 2.26. The van der Waals surface area contributed by atoms with Crippen LogP contribution in [0.2, 0.25) is 0 Å². The summed E-state index contributed by atoms with van der Waals surface area (Å²) in [5, 5.41) is -1.18. The van der Waals surface area contributed by atoms with Gasteiger partial charge in [-0.3, -0.25) is 4.79 Å². The predicted molar refractivity (Wildman–Crippen MR) is 46.2 cm³/mol. The third-order valence-corrected chi connectivity index (χ3v) is 1.46. The van der Waals surface area contributed by atoms with Crippen molar-refractivity contribution in [1.29, 1.82) is 0 Å². The first-order valence-electron chi connectivity index (χ1n) is 3.61. The van der Waals surface area contributed by atoms with Crippen LogP contribution < -0.4 is 0 Å². The van der Waals surface area contributed by atoms with Crippen LogP contribution in [-0.2, 0) is 14.3 Å². The molecule has 0 heterocycles. The summed E-state index contributed by atoms with van der Waals surface area (Å²) in [5.74, 6) is -1.08. The number of ketones is 1. The van der Waals surface area contributed by atoms with Gasteiger partial charge < -0.3 is 4.74 Å². The highest BCUT2D eigenvalue weighted by Crippen LogP contribution is 2.11. The SMILES string of the molecule is CC(=O)[C@@H](Cl)C(=O)OC(C)(C)C. The number of ether oxygens (including phenoxy) is 1. The maximum Gasteiger partial charge on any atom is 0.332 e. The molecular formula is C8H13ClO3. The van der Waals surface area contributed by atoms with E-state index in [1.54, 1.807) is 20.8 Å². The first kappa shape index (κ1) is 11.4. The molecule has 0 fully saturated rings. The first-order valence-corrected chi connectivity index (χ1v) is 4.05. The molecule has 4 heteroatoms. The summed E-state index contributed by atoms with van der Waals surface area (Å²) < 4.78 is 4.87. The van der Waals surface area contributed by atoms with Crippen LogP contribution in [0, 0.1) is 0 Å².